The lowest BCUT2D eigenvalue weighted by molar-refractivity contribution is -0.384. The fraction of sp³-hybridized carbons (Fsp3) is 0.364. The number of alkyl halides is 2. The zero-order valence-electron chi connectivity index (χ0n) is 10.2. The average molecular weight is 290 g/mol. The maximum Gasteiger partial charge on any atom is 0.296 e. The molecule has 1 rings (SSSR count). The molecule has 0 heterocycles. The van der Waals surface area contributed by atoms with Crippen molar-refractivity contribution in [2.24, 2.45) is 0 Å². The third-order valence-corrected chi connectivity index (χ3v) is 2.20. The lowest BCUT2D eigenvalue weighted by Crippen LogP contribution is -2.16. The Hall–Kier alpha value is -2.29. The highest BCUT2D eigenvalue weighted by Gasteiger charge is 2.19. The third-order valence-electron chi connectivity index (χ3n) is 2.20. The van der Waals surface area contributed by atoms with Gasteiger partial charge in [-0.25, -0.2) is 8.78 Å². The first-order chi connectivity index (χ1) is 9.41. The van der Waals surface area contributed by atoms with Crippen LogP contribution in [0.3, 0.4) is 0 Å². The van der Waals surface area contributed by atoms with Crippen molar-refractivity contribution in [2.75, 3.05) is 18.5 Å². The molecule has 0 saturated carbocycles. The van der Waals surface area contributed by atoms with E-state index in [1.165, 1.54) is 12.1 Å². The fourth-order valence-corrected chi connectivity index (χ4v) is 1.35. The van der Waals surface area contributed by atoms with Crippen molar-refractivity contribution in [3.63, 3.8) is 0 Å². The van der Waals surface area contributed by atoms with E-state index in [-0.39, 0.29) is 18.7 Å². The van der Waals surface area contributed by atoms with E-state index in [9.17, 15) is 28.8 Å². The van der Waals surface area contributed by atoms with Crippen molar-refractivity contribution >= 4 is 17.3 Å². The molecule has 1 aromatic carbocycles. The number of anilines is 1. The van der Waals surface area contributed by atoms with Gasteiger partial charge in [0.05, 0.1) is 18.0 Å². The normalized spacial score (nSPS) is 10.6. The van der Waals surface area contributed by atoms with Crippen molar-refractivity contribution in [1.29, 1.82) is 0 Å². The average Bonchev–Trinajstić information content (AvgIpc) is 2.36. The van der Waals surface area contributed by atoms with Crippen LogP contribution in [0.1, 0.15) is 6.42 Å². The lowest BCUT2D eigenvalue weighted by Gasteiger charge is -2.08. The number of halogens is 2. The van der Waals surface area contributed by atoms with Gasteiger partial charge in [0.15, 0.2) is 5.69 Å². The smallest absolute Gasteiger partial charge is 0.296 e. The number of benzene rings is 1. The molecule has 20 heavy (non-hydrogen) atoms. The van der Waals surface area contributed by atoms with Crippen LogP contribution in [0.2, 0.25) is 0 Å². The van der Waals surface area contributed by atoms with Crippen LogP contribution in [0.25, 0.3) is 0 Å². The first-order valence-corrected chi connectivity index (χ1v) is 5.54. The first-order valence-electron chi connectivity index (χ1n) is 5.54. The van der Waals surface area contributed by atoms with Gasteiger partial charge < -0.3 is 15.2 Å². The quantitative estimate of drug-likeness (QED) is 0.345. The van der Waals surface area contributed by atoms with Crippen LogP contribution in [0, 0.1) is 10.1 Å². The number of nitrogens with one attached hydrogen (secondary N) is 1. The fourth-order valence-electron chi connectivity index (χ4n) is 1.35. The molecule has 1 aromatic rings. The number of hydrogen-bond donors (Lipinski definition) is 2. The number of nitro benzene ring substituents is 1. The van der Waals surface area contributed by atoms with E-state index in [0.717, 1.165) is 6.07 Å². The Labute approximate surface area is 112 Å². The van der Waals surface area contributed by atoms with E-state index >= 15 is 0 Å². The minimum Gasteiger partial charge on any atom is -0.505 e. The van der Waals surface area contributed by atoms with Gasteiger partial charge in [-0.2, -0.15) is 0 Å². The number of hydrogen-bond acceptors (Lipinski definition) is 5. The zero-order chi connectivity index (χ0) is 15.1. The molecule has 2 N–H and O–H groups in total. The molecule has 110 valence electrons. The molecule has 0 saturated heterocycles. The Morgan fingerprint density at radius 3 is 2.80 bits per heavy atom. The predicted octanol–water partition coefficient (Wildman–Crippen LogP) is 1.91. The molecule has 0 aliphatic heterocycles. The second-order valence-electron chi connectivity index (χ2n) is 3.69. The Morgan fingerprint density at radius 2 is 2.20 bits per heavy atom. The molecule has 0 spiro atoms. The molecule has 0 radical (unpaired) electrons. The largest absolute Gasteiger partial charge is 0.505 e. The summed E-state index contributed by atoms with van der Waals surface area (Å²) in [7, 11) is 0. The molecule has 7 nitrogen and oxygen atoms in total. The second kappa shape index (κ2) is 7.34. The van der Waals surface area contributed by atoms with Gasteiger partial charge in [-0.15, -0.1) is 0 Å². The minimum absolute atomic E-state index is 0.252. The van der Waals surface area contributed by atoms with E-state index < -0.39 is 35.3 Å². The standard InChI is InChI=1S/C11H12F2N2O5/c12-9(13)6-20-5-4-10(17)14-11-7(15(18)19)2-1-3-8(11)16/h1-3,9,16H,4-6H2,(H,14,17). The molecule has 0 fully saturated rings. The highest BCUT2D eigenvalue weighted by Crippen LogP contribution is 2.32. The monoisotopic (exact) mass is 290 g/mol. The lowest BCUT2D eigenvalue weighted by atomic mass is 10.2. The summed E-state index contributed by atoms with van der Waals surface area (Å²) in [5.41, 5.74) is -0.803. The summed E-state index contributed by atoms with van der Waals surface area (Å²) in [6.45, 7) is -1.04. The van der Waals surface area contributed by atoms with Gasteiger partial charge in [-0.1, -0.05) is 6.07 Å². The van der Waals surface area contributed by atoms with Crippen LogP contribution < -0.4 is 5.32 Å². The molecule has 0 atom stereocenters. The van der Waals surface area contributed by atoms with E-state index in [0.29, 0.717) is 0 Å². The van der Waals surface area contributed by atoms with Gasteiger partial charge in [-0.05, 0) is 6.07 Å². The van der Waals surface area contributed by atoms with Crippen LogP contribution in [0.15, 0.2) is 18.2 Å². The SMILES string of the molecule is O=C(CCOCC(F)F)Nc1c(O)cccc1[N+](=O)[O-]. The van der Waals surface area contributed by atoms with Gasteiger partial charge in [0.25, 0.3) is 12.1 Å². The van der Waals surface area contributed by atoms with Gasteiger partial charge in [0.2, 0.25) is 5.91 Å². The predicted molar refractivity (Wildman–Crippen MR) is 64.8 cm³/mol. The molecule has 0 aromatic heterocycles. The third kappa shape index (κ3) is 4.76. The number of para-hydroxylation sites is 1. The second-order valence-corrected chi connectivity index (χ2v) is 3.69. The van der Waals surface area contributed by atoms with Crippen LogP contribution in [0.4, 0.5) is 20.2 Å². The molecular formula is C11H12F2N2O5. The summed E-state index contributed by atoms with van der Waals surface area (Å²) in [5.74, 6) is -1.15. The molecular weight excluding hydrogens is 278 g/mol. The number of nitrogens with zero attached hydrogens (tertiary/aromatic N) is 1. The molecule has 0 aliphatic rings. The van der Waals surface area contributed by atoms with E-state index in [4.69, 9.17) is 0 Å². The van der Waals surface area contributed by atoms with Crippen molar-refractivity contribution < 1.29 is 28.3 Å². The van der Waals surface area contributed by atoms with E-state index in [2.05, 4.69) is 10.1 Å². The summed E-state index contributed by atoms with van der Waals surface area (Å²) in [5, 5.41) is 22.4. The zero-order valence-corrected chi connectivity index (χ0v) is 10.2. The van der Waals surface area contributed by atoms with Crippen LogP contribution >= 0.6 is 0 Å². The summed E-state index contributed by atoms with van der Waals surface area (Å²) in [6, 6.07) is 3.55. The Bertz CT molecular complexity index is 496. The summed E-state index contributed by atoms with van der Waals surface area (Å²) >= 11 is 0. The highest BCUT2D eigenvalue weighted by molar-refractivity contribution is 5.95. The number of carbonyl (C=O) groups excluding carboxylic acids is 1. The molecule has 0 aliphatic carbocycles. The number of rotatable bonds is 7. The van der Waals surface area contributed by atoms with Crippen LogP contribution in [0.5, 0.6) is 5.75 Å². The Balaban J connectivity index is 2.60. The van der Waals surface area contributed by atoms with E-state index in [1.807, 2.05) is 0 Å². The van der Waals surface area contributed by atoms with Gasteiger partial charge >= 0.3 is 0 Å². The number of carbonyl (C=O) groups is 1. The van der Waals surface area contributed by atoms with E-state index in [1.54, 1.807) is 0 Å². The van der Waals surface area contributed by atoms with Gasteiger partial charge in [0, 0.05) is 6.07 Å². The number of phenolic OH excluding ortho intramolecular Hbond substituents is 1. The topological polar surface area (TPSA) is 102 Å². The molecule has 9 heteroatoms. The number of nitro groups is 1. The minimum atomic E-state index is -2.63. The summed E-state index contributed by atoms with van der Waals surface area (Å²) in [6.07, 6.45) is -2.89. The molecule has 0 bridgehead atoms. The van der Waals surface area contributed by atoms with Crippen molar-refractivity contribution in [3.05, 3.63) is 28.3 Å². The molecule has 0 unspecified atom stereocenters. The van der Waals surface area contributed by atoms with Gasteiger partial charge in [-0.3, -0.25) is 14.9 Å². The Kier molecular flexibility index (Phi) is 5.78. The van der Waals surface area contributed by atoms with Crippen LogP contribution in [-0.2, 0) is 9.53 Å². The van der Waals surface area contributed by atoms with Gasteiger partial charge in [0.1, 0.15) is 12.4 Å². The first kappa shape index (κ1) is 15.8. The highest BCUT2D eigenvalue weighted by atomic mass is 19.3. The van der Waals surface area contributed by atoms with Crippen molar-refractivity contribution in [1.82, 2.24) is 0 Å². The summed E-state index contributed by atoms with van der Waals surface area (Å²) < 4.78 is 28.0. The van der Waals surface area contributed by atoms with Crippen LogP contribution in [-0.4, -0.2) is 35.6 Å². The Morgan fingerprint density at radius 1 is 1.50 bits per heavy atom. The number of aromatic hydroxyl groups is 1. The maximum absolute atomic E-state index is 11.8. The molecule has 1 amide bonds. The summed E-state index contributed by atoms with van der Waals surface area (Å²) in [4.78, 5) is 21.4. The number of amides is 1. The van der Waals surface area contributed by atoms with Crippen molar-refractivity contribution in [3.8, 4) is 5.75 Å². The maximum atomic E-state index is 11.8. The number of phenols is 1. The van der Waals surface area contributed by atoms with Crippen molar-refractivity contribution in [2.45, 2.75) is 12.8 Å². The number of ether oxygens (including phenoxy) is 1.